The van der Waals surface area contributed by atoms with Crippen molar-refractivity contribution in [2.45, 2.75) is 0 Å². The van der Waals surface area contributed by atoms with Crippen LogP contribution in [0, 0.1) is 0 Å². The number of amidine groups is 2. The number of hydrogen-bond donors (Lipinski definition) is 2. The van der Waals surface area contributed by atoms with E-state index in [1.54, 1.807) is 22.7 Å². The zero-order chi connectivity index (χ0) is 22.5. The van der Waals surface area contributed by atoms with Crippen LogP contribution in [0.25, 0.3) is 41.6 Å². The Bertz CT molecular complexity index is 1520. The van der Waals surface area contributed by atoms with Crippen LogP contribution in [-0.2, 0) is 0 Å². The van der Waals surface area contributed by atoms with Crippen LogP contribution < -0.4 is 10.6 Å². The maximum Gasteiger partial charge on any atom is 0.128 e. The fraction of sp³-hybridized carbons (Fsp3) is 0.160. The number of fused-ring (bicyclic) bond motifs is 2. The van der Waals surface area contributed by atoms with Gasteiger partial charge in [0, 0.05) is 47.7 Å². The molecule has 0 radical (unpaired) electrons. The Kier molecular flexibility index (Phi) is 6.90. The number of pyridine rings is 1. The average Bonchev–Trinajstić information content (AvgIpc) is 3.69. The van der Waals surface area contributed by atoms with Crippen molar-refractivity contribution < 1.29 is 0 Å². The normalized spacial score (nSPS) is 14.6. The first kappa shape index (κ1) is 24.6. The van der Waals surface area contributed by atoms with Gasteiger partial charge in [-0.3, -0.25) is 15.0 Å². The van der Waals surface area contributed by atoms with Crippen molar-refractivity contribution in [3.8, 4) is 21.1 Å². The lowest BCUT2D eigenvalue weighted by Crippen LogP contribution is -2.19. The van der Waals surface area contributed by atoms with Crippen molar-refractivity contribution in [3.63, 3.8) is 0 Å². The van der Waals surface area contributed by atoms with Gasteiger partial charge < -0.3 is 10.6 Å². The molecule has 0 spiro atoms. The van der Waals surface area contributed by atoms with Crippen molar-refractivity contribution >= 4 is 79.6 Å². The second kappa shape index (κ2) is 10.1. The van der Waals surface area contributed by atoms with Crippen molar-refractivity contribution in [2.24, 2.45) is 9.98 Å². The van der Waals surface area contributed by atoms with Gasteiger partial charge in [0.25, 0.3) is 0 Å². The molecule has 0 unspecified atom stereocenters. The molecule has 11 heteroatoms. The van der Waals surface area contributed by atoms with E-state index in [0.717, 1.165) is 90.6 Å². The third-order valence-electron chi connectivity index (χ3n) is 5.90. The summed E-state index contributed by atoms with van der Waals surface area (Å²) in [5, 5.41) is 8.59. The SMILES string of the molecule is Cl.Cl.c1cc2nc(-c3cncc(-c4nc5ccc(C6=NCCN6)cc5s4)c3)sc2cc1C1=NCCN1. The molecule has 2 aromatic carbocycles. The zero-order valence-electron chi connectivity index (χ0n) is 18.9. The molecule has 0 aliphatic carbocycles. The van der Waals surface area contributed by atoms with Gasteiger partial charge in [-0.05, 0) is 42.5 Å². The van der Waals surface area contributed by atoms with Gasteiger partial charge in [-0.15, -0.1) is 47.5 Å². The Morgan fingerprint density at radius 1 is 0.611 bits per heavy atom. The highest BCUT2D eigenvalue weighted by atomic mass is 35.5. The fourth-order valence-corrected chi connectivity index (χ4v) is 6.22. The molecule has 7 rings (SSSR count). The summed E-state index contributed by atoms with van der Waals surface area (Å²) in [6, 6.07) is 14.8. The number of aromatic nitrogens is 3. The van der Waals surface area contributed by atoms with Crippen LogP contribution in [0.4, 0.5) is 0 Å². The van der Waals surface area contributed by atoms with Crippen LogP contribution in [-0.4, -0.2) is 52.8 Å². The zero-order valence-corrected chi connectivity index (χ0v) is 22.2. The quantitative estimate of drug-likeness (QED) is 0.320. The largest absolute Gasteiger partial charge is 0.368 e. The summed E-state index contributed by atoms with van der Waals surface area (Å²) >= 11 is 3.35. The molecule has 7 nitrogen and oxygen atoms in total. The topological polar surface area (TPSA) is 87.5 Å². The van der Waals surface area contributed by atoms with Crippen molar-refractivity contribution in [1.82, 2.24) is 25.6 Å². The van der Waals surface area contributed by atoms with Gasteiger partial charge in [0.05, 0.1) is 33.5 Å². The summed E-state index contributed by atoms with van der Waals surface area (Å²) < 4.78 is 2.29. The summed E-state index contributed by atoms with van der Waals surface area (Å²) in [5.74, 6) is 1.94. The van der Waals surface area contributed by atoms with Gasteiger partial charge in [-0.2, -0.15) is 0 Å². The first-order valence-corrected chi connectivity index (χ1v) is 12.8. The van der Waals surface area contributed by atoms with Crippen LogP contribution in [0.1, 0.15) is 11.1 Å². The number of nitrogens with one attached hydrogen (secondary N) is 2. The Hall–Kier alpha value is -3.11. The van der Waals surface area contributed by atoms with Gasteiger partial charge >= 0.3 is 0 Å². The minimum Gasteiger partial charge on any atom is -0.368 e. The predicted octanol–water partition coefficient (Wildman–Crippen LogP) is 5.18. The minimum atomic E-state index is 0. The van der Waals surface area contributed by atoms with Crippen LogP contribution in [0.5, 0.6) is 0 Å². The highest BCUT2D eigenvalue weighted by Crippen LogP contribution is 2.35. The van der Waals surface area contributed by atoms with Gasteiger partial charge in [-0.25, -0.2) is 9.97 Å². The van der Waals surface area contributed by atoms with Gasteiger partial charge in [-0.1, -0.05) is 0 Å². The number of aliphatic imine (C=N–C) groups is 2. The molecular weight excluding hydrogens is 533 g/mol. The molecule has 0 saturated carbocycles. The maximum absolute atomic E-state index is 4.87. The number of benzene rings is 2. The Morgan fingerprint density at radius 2 is 1.11 bits per heavy atom. The summed E-state index contributed by atoms with van der Waals surface area (Å²) in [4.78, 5) is 23.3. The lowest BCUT2D eigenvalue weighted by atomic mass is 10.2. The fourth-order valence-electron chi connectivity index (χ4n) is 4.25. The molecule has 3 aromatic heterocycles. The van der Waals surface area contributed by atoms with Crippen LogP contribution in [0.2, 0.25) is 0 Å². The van der Waals surface area contributed by atoms with Gasteiger partial charge in [0.1, 0.15) is 21.7 Å². The van der Waals surface area contributed by atoms with Crippen molar-refractivity contribution in [2.75, 3.05) is 26.2 Å². The van der Waals surface area contributed by atoms with Crippen LogP contribution in [0.15, 0.2) is 64.8 Å². The smallest absolute Gasteiger partial charge is 0.128 e. The molecule has 182 valence electrons. The number of thiazole rings is 2. The number of rotatable bonds is 4. The molecule has 2 aliphatic heterocycles. The van der Waals surface area contributed by atoms with E-state index in [1.807, 2.05) is 12.4 Å². The Labute approximate surface area is 227 Å². The molecule has 0 amide bonds. The van der Waals surface area contributed by atoms with Crippen molar-refractivity contribution in [1.29, 1.82) is 0 Å². The second-order valence-electron chi connectivity index (χ2n) is 8.18. The van der Waals surface area contributed by atoms with E-state index < -0.39 is 0 Å². The first-order chi connectivity index (χ1) is 16.8. The Morgan fingerprint density at radius 3 is 1.56 bits per heavy atom. The number of hydrogen-bond acceptors (Lipinski definition) is 9. The van der Waals surface area contributed by atoms with Crippen LogP contribution in [0.3, 0.4) is 0 Å². The Balaban J connectivity index is 0.00000133. The molecule has 2 N–H and O–H groups in total. The van der Waals surface area contributed by atoms with E-state index in [9.17, 15) is 0 Å². The minimum absolute atomic E-state index is 0. The molecule has 0 saturated heterocycles. The highest BCUT2D eigenvalue weighted by molar-refractivity contribution is 7.22. The van der Waals surface area contributed by atoms with E-state index in [2.05, 4.69) is 68.1 Å². The van der Waals surface area contributed by atoms with E-state index in [1.165, 1.54) is 0 Å². The molecule has 0 fully saturated rings. The third kappa shape index (κ3) is 4.43. The van der Waals surface area contributed by atoms with Gasteiger partial charge in [0.2, 0.25) is 0 Å². The standard InChI is InChI=1S/C25H19N7S2.2ClH/c1-3-18-20(10-14(1)22-27-5-6-28-22)33-24(31-18)16-9-17(13-26-12-16)25-32-19-4-2-15(11-21(19)34-25)23-29-7-8-30-23;;/h1-4,9-13H,5-8H2,(H,27,28)(H,29,30);2*1H. The second-order valence-corrected chi connectivity index (χ2v) is 10.2. The van der Waals surface area contributed by atoms with Gasteiger partial charge in [0.15, 0.2) is 0 Å². The number of nitrogens with zero attached hydrogens (tertiary/aromatic N) is 5. The molecule has 0 bridgehead atoms. The number of halogens is 2. The molecular formula is C25H21Cl2N7S2. The summed E-state index contributed by atoms with van der Waals surface area (Å²) in [6.07, 6.45) is 3.75. The molecule has 5 aromatic rings. The van der Waals surface area contributed by atoms with E-state index in [-0.39, 0.29) is 24.8 Å². The van der Waals surface area contributed by atoms with E-state index >= 15 is 0 Å². The summed E-state index contributed by atoms with van der Waals surface area (Å²) in [6.45, 7) is 3.47. The highest BCUT2D eigenvalue weighted by Gasteiger charge is 2.15. The molecule has 0 atom stereocenters. The maximum atomic E-state index is 4.87. The average molecular weight is 555 g/mol. The summed E-state index contributed by atoms with van der Waals surface area (Å²) in [5.41, 5.74) is 6.20. The lowest BCUT2D eigenvalue weighted by Gasteiger charge is -2.01. The lowest BCUT2D eigenvalue weighted by molar-refractivity contribution is 0.960. The molecule has 36 heavy (non-hydrogen) atoms. The van der Waals surface area contributed by atoms with E-state index in [4.69, 9.17) is 9.97 Å². The molecule has 5 heterocycles. The van der Waals surface area contributed by atoms with Crippen molar-refractivity contribution in [3.05, 3.63) is 66.0 Å². The molecule has 2 aliphatic rings. The monoisotopic (exact) mass is 553 g/mol. The van der Waals surface area contributed by atoms with Crippen LogP contribution >= 0.6 is 47.5 Å². The summed E-state index contributed by atoms with van der Waals surface area (Å²) in [7, 11) is 0. The third-order valence-corrected chi connectivity index (χ3v) is 8.04. The predicted molar refractivity (Wildman–Crippen MR) is 155 cm³/mol. The first-order valence-electron chi connectivity index (χ1n) is 11.1. The van der Waals surface area contributed by atoms with E-state index in [0.29, 0.717) is 0 Å².